The summed E-state index contributed by atoms with van der Waals surface area (Å²) in [6.07, 6.45) is 0.745. The van der Waals surface area contributed by atoms with E-state index in [-0.39, 0.29) is 18.5 Å². The van der Waals surface area contributed by atoms with Crippen LogP contribution in [-0.2, 0) is 9.53 Å². The summed E-state index contributed by atoms with van der Waals surface area (Å²) in [5, 5.41) is 2.73. The number of hydrogen-bond acceptors (Lipinski definition) is 4. The number of amides is 1. The average Bonchev–Trinajstić information content (AvgIpc) is 3.23. The fourth-order valence-electron chi connectivity index (χ4n) is 3.47. The van der Waals surface area contributed by atoms with E-state index in [2.05, 4.69) is 21.9 Å². The van der Waals surface area contributed by atoms with Crippen molar-refractivity contribution in [3.8, 4) is 0 Å². The molecule has 2 unspecified atom stereocenters. The maximum Gasteiger partial charge on any atom is 0.399 e. The third-order valence-electron chi connectivity index (χ3n) is 5.15. The Kier molecular flexibility index (Phi) is 7.23. The molecule has 26 heavy (non-hydrogen) atoms. The van der Waals surface area contributed by atoms with E-state index in [4.69, 9.17) is 4.74 Å². The third-order valence-corrected chi connectivity index (χ3v) is 5.15. The summed E-state index contributed by atoms with van der Waals surface area (Å²) >= 11 is 0. The van der Waals surface area contributed by atoms with Crippen LogP contribution in [0.3, 0.4) is 0 Å². The number of carbonyl (C=O) groups is 1. The molecule has 5 nitrogen and oxygen atoms in total. The lowest BCUT2D eigenvalue weighted by Crippen LogP contribution is -2.45. The number of alkyl halides is 3. The molecule has 8 heteroatoms. The first kappa shape index (κ1) is 20.9. The zero-order chi connectivity index (χ0) is 19.2. The van der Waals surface area contributed by atoms with E-state index in [0.29, 0.717) is 5.92 Å². The van der Waals surface area contributed by atoms with Crippen molar-refractivity contribution in [3.63, 3.8) is 0 Å². The van der Waals surface area contributed by atoms with Gasteiger partial charge < -0.3 is 10.1 Å². The maximum atomic E-state index is 13.1. The lowest BCUT2D eigenvalue weighted by atomic mass is 9.89. The summed E-state index contributed by atoms with van der Waals surface area (Å²) in [5.41, 5.74) is -2.07. The number of rotatable bonds is 8. The van der Waals surface area contributed by atoms with Crippen LogP contribution in [0.5, 0.6) is 0 Å². The zero-order valence-corrected chi connectivity index (χ0v) is 15.2. The summed E-state index contributed by atoms with van der Waals surface area (Å²) < 4.78 is 44.8. The smallest absolute Gasteiger partial charge is 0.381 e. The molecule has 2 aliphatic heterocycles. The number of carbonyl (C=O) groups excluding carboxylic acids is 1. The number of hydrogen-bond donors (Lipinski definition) is 1. The van der Waals surface area contributed by atoms with E-state index >= 15 is 0 Å². The molecule has 0 saturated carbocycles. The standard InChI is InChI=1S/C18H28F3N3O2/c1-17(13-22-2,18(19,20)21)7-4-8-23-16(25)15-5-3-9-24(15)11-14-6-10-26-12-14/h4,7,14-15H,2-3,5-6,8-13H2,1H3,(H,23,25)/b7-4-/t14?,15-,17?/m0/s1. The van der Waals surface area contributed by atoms with Crippen molar-refractivity contribution in [1.29, 1.82) is 0 Å². The lowest BCUT2D eigenvalue weighted by molar-refractivity contribution is -0.196. The van der Waals surface area contributed by atoms with Gasteiger partial charge in [-0.2, -0.15) is 13.2 Å². The molecule has 0 aromatic rings. The Morgan fingerprint density at radius 2 is 2.19 bits per heavy atom. The molecule has 0 aromatic carbocycles. The summed E-state index contributed by atoms with van der Waals surface area (Å²) in [6, 6.07) is -0.201. The van der Waals surface area contributed by atoms with Gasteiger partial charge in [0.05, 0.1) is 19.2 Å². The molecule has 0 aliphatic carbocycles. The highest BCUT2D eigenvalue weighted by molar-refractivity contribution is 5.82. The highest BCUT2D eigenvalue weighted by Gasteiger charge is 2.48. The largest absolute Gasteiger partial charge is 0.399 e. The molecular weight excluding hydrogens is 347 g/mol. The highest BCUT2D eigenvalue weighted by atomic mass is 19.4. The third kappa shape index (κ3) is 5.30. The first-order valence-corrected chi connectivity index (χ1v) is 9.03. The molecule has 3 atom stereocenters. The van der Waals surface area contributed by atoms with E-state index in [9.17, 15) is 18.0 Å². The van der Waals surface area contributed by atoms with E-state index in [1.807, 2.05) is 0 Å². The van der Waals surface area contributed by atoms with Crippen LogP contribution in [0, 0.1) is 11.3 Å². The first-order chi connectivity index (χ1) is 12.3. The number of nitrogens with zero attached hydrogens (tertiary/aromatic N) is 2. The minimum Gasteiger partial charge on any atom is -0.381 e. The molecule has 148 valence electrons. The minimum absolute atomic E-state index is 0.0680. The number of nitrogens with one attached hydrogen (secondary N) is 1. The monoisotopic (exact) mass is 375 g/mol. The van der Waals surface area contributed by atoms with Crippen LogP contribution in [0.25, 0.3) is 0 Å². The van der Waals surface area contributed by atoms with Crippen molar-refractivity contribution >= 4 is 12.6 Å². The van der Waals surface area contributed by atoms with E-state index in [1.165, 1.54) is 6.08 Å². The molecule has 2 heterocycles. The Morgan fingerprint density at radius 3 is 2.81 bits per heavy atom. The molecule has 1 N–H and O–H groups in total. The second kappa shape index (κ2) is 8.99. The number of likely N-dealkylation sites (tertiary alicyclic amines) is 1. The molecule has 0 spiro atoms. The Hall–Kier alpha value is -1.41. The summed E-state index contributed by atoms with van der Waals surface area (Å²) in [5.74, 6) is 0.337. The molecule has 2 aliphatic rings. The van der Waals surface area contributed by atoms with Crippen LogP contribution in [-0.4, -0.2) is 69.1 Å². The van der Waals surface area contributed by atoms with Gasteiger partial charge in [-0.1, -0.05) is 12.2 Å². The van der Waals surface area contributed by atoms with E-state index < -0.39 is 18.1 Å². The molecule has 0 aromatic heterocycles. The normalized spacial score (nSPS) is 26.9. The van der Waals surface area contributed by atoms with E-state index in [0.717, 1.165) is 58.6 Å². The fourth-order valence-corrected chi connectivity index (χ4v) is 3.47. The number of halogens is 3. The Labute approximate surface area is 152 Å². The highest BCUT2D eigenvalue weighted by Crippen LogP contribution is 2.39. The lowest BCUT2D eigenvalue weighted by Gasteiger charge is -2.27. The molecular formula is C18H28F3N3O2. The van der Waals surface area contributed by atoms with Crippen molar-refractivity contribution in [2.45, 2.75) is 38.4 Å². The van der Waals surface area contributed by atoms with Gasteiger partial charge >= 0.3 is 6.18 Å². The molecule has 0 bridgehead atoms. The van der Waals surface area contributed by atoms with Crippen LogP contribution >= 0.6 is 0 Å². The van der Waals surface area contributed by atoms with Gasteiger partial charge in [0, 0.05) is 19.7 Å². The zero-order valence-electron chi connectivity index (χ0n) is 15.2. The number of aliphatic imine (C=N–C) groups is 1. The van der Waals surface area contributed by atoms with Crippen molar-refractivity contribution in [2.75, 3.05) is 39.4 Å². The maximum absolute atomic E-state index is 13.1. The molecule has 2 fully saturated rings. The second-order valence-corrected chi connectivity index (χ2v) is 7.33. The molecule has 0 radical (unpaired) electrons. The fraction of sp³-hybridized carbons (Fsp3) is 0.778. The summed E-state index contributed by atoms with van der Waals surface area (Å²) in [4.78, 5) is 18.0. The van der Waals surface area contributed by atoms with E-state index in [1.54, 1.807) is 0 Å². The van der Waals surface area contributed by atoms with Gasteiger partial charge in [-0.3, -0.25) is 14.7 Å². The van der Waals surface area contributed by atoms with Crippen molar-refractivity contribution in [2.24, 2.45) is 16.3 Å². The quantitative estimate of drug-likeness (QED) is 0.524. The molecule has 1 amide bonds. The Morgan fingerprint density at radius 1 is 1.42 bits per heavy atom. The summed E-state index contributed by atoms with van der Waals surface area (Å²) in [7, 11) is 0. The first-order valence-electron chi connectivity index (χ1n) is 9.03. The van der Waals surface area contributed by atoms with Gasteiger partial charge in [0.2, 0.25) is 5.91 Å². The average molecular weight is 375 g/mol. The van der Waals surface area contributed by atoms with Gasteiger partial charge in [0.1, 0.15) is 5.41 Å². The van der Waals surface area contributed by atoms with Gasteiger partial charge in [-0.25, -0.2) is 0 Å². The second-order valence-electron chi connectivity index (χ2n) is 7.33. The molecule has 2 rings (SSSR count). The molecule has 2 saturated heterocycles. The van der Waals surface area contributed by atoms with Gasteiger partial charge in [-0.05, 0) is 45.4 Å². The topological polar surface area (TPSA) is 53.9 Å². The van der Waals surface area contributed by atoms with Crippen molar-refractivity contribution in [3.05, 3.63) is 12.2 Å². The van der Waals surface area contributed by atoms with Crippen molar-refractivity contribution in [1.82, 2.24) is 10.2 Å². The predicted molar refractivity (Wildman–Crippen MR) is 94.2 cm³/mol. The van der Waals surface area contributed by atoms with Crippen LogP contribution in [0.1, 0.15) is 26.2 Å². The van der Waals surface area contributed by atoms with Crippen molar-refractivity contribution < 1.29 is 22.7 Å². The van der Waals surface area contributed by atoms with Gasteiger partial charge in [-0.15, -0.1) is 0 Å². The van der Waals surface area contributed by atoms with Crippen LogP contribution in [0.2, 0.25) is 0 Å². The summed E-state index contributed by atoms with van der Waals surface area (Å²) in [6.45, 7) is 7.07. The van der Waals surface area contributed by atoms with Crippen LogP contribution < -0.4 is 5.32 Å². The SMILES string of the molecule is C=NCC(C)(/C=C\CNC(=O)[C@@H]1CCCN1CC1CCOC1)C(F)(F)F. The Balaban J connectivity index is 1.84. The van der Waals surface area contributed by atoms with Gasteiger partial charge in [0.15, 0.2) is 0 Å². The van der Waals surface area contributed by atoms with Crippen LogP contribution in [0.4, 0.5) is 13.2 Å². The Bertz CT molecular complexity index is 518. The number of ether oxygens (including phenoxy) is 1. The van der Waals surface area contributed by atoms with Gasteiger partial charge in [0.25, 0.3) is 0 Å². The van der Waals surface area contributed by atoms with Crippen LogP contribution in [0.15, 0.2) is 17.1 Å². The predicted octanol–water partition coefficient (Wildman–Crippen LogP) is 2.43. The minimum atomic E-state index is -4.42.